The molecule has 0 atom stereocenters. The van der Waals surface area contributed by atoms with Crippen molar-refractivity contribution < 1.29 is 14.3 Å². The number of ether oxygens (including phenoxy) is 2. The van der Waals surface area contributed by atoms with Crippen LogP contribution in [0.25, 0.3) is 5.52 Å². The lowest BCUT2D eigenvalue weighted by atomic mass is 10.2. The van der Waals surface area contributed by atoms with Gasteiger partial charge in [0.25, 0.3) is 5.91 Å². The Balaban J connectivity index is 1.84. The van der Waals surface area contributed by atoms with E-state index in [2.05, 4.69) is 10.3 Å². The average molecular weight is 297 g/mol. The Hall–Kier alpha value is -3.02. The highest BCUT2D eigenvalue weighted by atomic mass is 16.5. The van der Waals surface area contributed by atoms with Gasteiger partial charge in [0, 0.05) is 23.5 Å². The first-order valence-corrected chi connectivity index (χ1v) is 6.66. The van der Waals surface area contributed by atoms with Gasteiger partial charge < -0.3 is 19.2 Å². The van der Waals surface area contributed by atoms with Crippen LogP contribution < -0.4 is 14.8 Å². The van der Waals surface area contributed by atoms with Crippen LogP contribution in [-0.2, 0) is 0 Å². The van der Waals surface area contributed by atoms with E-state index >= 15 is 0 Å². The van der Waals surface area contributed by atoms with Gasteiger partial charge in [-0.05, 0) is 24.3 Å². The summed E-state index contributed by atoms with van der Waals surface area (Å²) < 4.78 is 12.2. The fourth-order valence-corrected chi connectivity index (χ4v) is 2.18. The van der Waals surface area contributed by atoms with Crippen molar-refractivity contribution in [2.24, 2.45) is 0 Å². The first-order chi connectivity index (χ1) is 10.7. The normalized spacial score (nSPS) is 10.5. The molecular weight excluding hydrogens is 282 g/mol. The van der Waals surface area contributed by atoms with Crippen molar-refractivity contribution in [3.8, 4) is 11.5 Å². The zero-order valence-corrected chi connectivity index (χ0v) is 12.2. The summed E-state index contributed by atoms with van der Waals surface area (Å²) in [6, 6.07) is 8.74. The van der Waals surface area contributed by atoms with Crippen LogP contribution in [0.15, 0.2) is 49.1 Å². The van der Waals surface area contributed by atoms with Gasteiger partial charge in [-0.15, -0.1) is 0 Å². The second-order valence-corrected chi connectivity index (χ2v) is 4.67. The Morgan fingerprint density at radius 1 is 1.14 bits per heavy atom. The molecule has 0 bridgehead atoms. The zero-order chi connectivity index (χ0) is 15.5. The summed E-state index contributed by atoms with van der Waals surface area (Å²) in [5.74, 6) is 0.976. The standard InChI is InChI=1S/C16H15N3O3/c1-21-14-4-3-12(8-15(14)22-2)18-16(20)11-5-6-19-10-17-9-13(19)7-11/h3-10H,1-2H3,(H,18,20). The predicted octanol–water partition coefficient (Wildman–Crippen LogP) is 2.60. The monoisotopic (exact) mass is 297 g/mol. The van der Waals surface area contributed by atoms with E-state index in [1.165, 1.54) is 0 Å². The van der Waals surface area contributed by atoms with E-state index in [0.717, 1.165) is 5.52 Å². The lowest BCUT2D eigenvalue weighted by Gasteiger charge is -2.10. The third-order valence-electron chi connectivity index (χ3n) is 3.32. The predicted molar refractivity (Wildman–Crippen MR) is 82.7 cm³/mol. The van der Waals surface area contributed by atoms with Gasteiger partial charge in [0.15, 0.2) is 11.5 Å². The minimum Gasteiger partial charge on any atom is -0.493 e. The van der Waals surface area contributed by atoms with E-state index in [-0.39, 0.29) is 5.91 Å². The van der Waals surface area contributed by atoms with Gasteiger partial charge in [0.05, 0.1) is 32.3 Å². The molecule has 0 radical (unpaired) electrons. The molecule has 2 aromatic heterocycles. The molecule has 3 rings (SSSR count). The summed E-state index contributed by atoms with van der Waals surface area (Å²) in [6.45, 7) is 0. The zero-order valence-electron chi connectivity index (χ0n) is 12.2. The van der Waals surface area contributed by atoms with Crippen molar-refractivity contribution in [1.29, 1.82) is 0 Å². The topological polar surface area (TPSA) is 64.9 Å². The van der Waals surface area contributed by atoms with Crippen LogP contribution in [0.2, 0.25) is 0 Å². The summed E-state index contributed by atoms with van der Waals surface area (Å²) in [5, 5.41) is 2.84. The molecule has 1 N–H and O–H groups in total. The fourth-order valence-electron chi connectivity index (χ4n) is 2.18. The number of carbonyl (C=O) groups excluding carboxylic acids is 1. The number of nitrogens with zero attached hydrogens (tertiary/aromatic N) is 2. The number of benzene rings is 1. The Labute approximate surface area is 127 Å². The maximum absolute atomic E-state index is 12.3. The van der Waals surface area contributed by atoms with Crippen molar-refractivity contribution in [2.75, 3.05) is 19.5 Å². The molecule has 3 aromatic rings. The van der Waals surface area contributed by atoms with Gasteiger partial charge in [0.1, 0.15) is 0 Å². The molecule has 6 nitrogen and oxygen atoms in total. The number of amides is 1. The van der Waals surface area contributed by atoms with Crippen LogP contribution in [0, 0.1) is 0 Å². The van der Waals surface area contributed by atoms with Crippen LogP contribution in [0.4, 0.5) is 5.69 Å². The third-order valence-corrected chi connectivity index (χ3v) is 3.32. The lowest BCUT2D eigenvalue weighted by molar-refractivity contribution is 0.102. The van der Waals surface area contributed by atoms with Gasteiger partial charge >= 0.3 is 0 Å². The molecule has 0 aliphatic heterocycles. The van der Waals surface area contributed by atoms with E-state index in [1.807, 2.05) is 4.40 Å². The first-order valence-electron chi connectivity index (χ1n) is 6.66. The quantitative estimate of drug-likeness (QED) is 0.804. The smallest absolute Gasteiger partial charge is 0.255 e. The van der Waals surface area contributed by atoms with Crippen molar-refractivity contribution in [1.82, 2.24) is 9.38 Å². The number of nitrogens with one attached hydrogen (secondary N) is 1. The third kappa shape index (κ3) is 2.58. The molecule has 6 heteroatoms. The Morgan fingerprint density at radius 2 is 1.95 bits per heavy atom. The number of aromatic nitrogens is 2. The first kappa shape index (κ1) is 13.9. The van der Waals surface area contributed by atoms with Gasteiger partial charge in [-0.3, -0.25) is 4.79 Å². The molecule has 0 aliphatic carbocycles. The Morgan fingerprint density at radius 3 is 2.73 bits per heavy atom. The van der Waals surface area contributed by atoms with Gasteiger partial charge in [-0.2, -0.15) is 0 Å². The number of pyridine rings is 1. The molecule has 1 amide bonds. The number of carbonyl (C=O) groups is 1. The maximum atomic E-state index is 12.3. The van der Waals surface area contributed by atoms with E-state index in [0.29, 0.717) is 22.7 Å². The number of anilines is 1. The summed E-state index contributed by atoms with van der Waals surface area (Å²) in [6.07, 6.45) is 5.18. The second-order valence-electron chi connectivity index (χ2n) is 4.67. The van der Waals surface area contributed by atoms with Crippen molar-refractivity contribution in [2.45, 2.75) is 0 Å². The summed E-state index contributed by atoms with van der Waals surface area (Å²) in [4.78, 5) is 16.3. The minimum atomic E-state index is -0.198. The minimum absolute atomic E-state index is 0.198. The van der Waals surface area contributed by atoms with Crippen LogP contribution in [0.1, 0.15) is 10.4 Å². The number of methoxy groups -OCH3 is 2. The Kier molecular flexibility index (Phi) is 3.65. The molecule has 22 heavy (non-hydrogen) atoms. The average Bonchev–Trinajstić information content (AvgIpc) is 3.02. The number of fused-ring (bicyclic) bond motifs is 1. The van der Waals surface area contributed by atoms with Gasteiger partial charge in [-0.1, -0.05) is 0 Å². The highest BCUT2D eigenvalue weighted by Crippen LogP contribution is 2.29. The maximum Gasteiger partial charge on any atom is 0.255 e. The molecular formula is C16H15N3O3. The highest BCUT2D eigenvalue weighted by Gasteiger charge is 2.10. The van der Waals surface area contributed by atoms with Crippen molar-refractivity contribution in [3.05, 3.63) is 54.6 Å². The number of hydrogen-bond acceptors (Lipinski definition) is 4. The van der Waals surface area contributed by atoms with Crippen LogP contribution >= 0.6 is 0 Å². The van der Waals surface area contributed by atoms with E-state index in [4.69, 9.17) is 9.47 Å². The second kappa shape index (κ2) is 5.77. The SMILES string of the molecule is COc1ccc(NC(=O)c2ccn3cncc3c2)cc1OC. The molecule has 0 saturated carbocycles. The largest absolute Gasteiger partial charge is 0.493 e. The molecule has 1 aromatic carbocycles. The fraction of sp³-hybridized carbons (Fsp3) is 0.125. The van der Waals surface area contributed by atoms with Crippen LogP contribution in [-0.4, -0.2) is 29.5 Å². The van der Waals surface area contributed by atoms with Crippen LogP contribution in [0.3, 0.4) is 0 Å². The number of imidazole rings is 1. The molecule has 2 heterocycles. The molecule has 0 unspecified atom stereocenters. The molecule has 0 aliphatic rings. The Bertz CT molecular complexity index is 826. The van der Waals surface area contributed by atoms with Crippen molar-refractivity contribution in [3.63, 3.8) is 0 Å². The summed E-state index contributed by atoms with van der Waals surface area (Å²) >= 11 is 0. The molecule has 0 saturated heterocycles. The van der Waals surface area contributed by atoms with E-state index in [1.54, 1.807) is 63.3 Å². The summed E-state index contributed by atoms with van der Waals surface area (Å²) in [5.41, 5.74) is 2.05. The molecule has 0 fully saturated rings. The molecule has 0 spiro atoms. The number of hydrogen-bond donors (Lipinski definition) is 1. The van der Waals surface area contributed by atoms with E-state index in [9.17, 15) is 4.79 Å². The van der Waals surface area contributed by atoms with E-state index < -0.39 is 0 Å². The molecule has 112 valence electrons. The number of rotatable bonds is 4. The lowest BCUT2D eigenvalue weighted by Crippen LogP contribution is -2.12. The van der Waals surface area contributed by atoms with Crippen LogP contribution in [0.5, 0.6) is 11.5 Å². The van der Waals surface area contributed by atoms with Crippen molar-refractivity contribution >= 4 is 17.1 Å². The van der Waals surface area contributed by atoms with Gasteiger partial charge in [0.2, 0.25) is 0 Å². The highest BCUT2D eigenvalue weighted by molar-refractivity contribution is 6.05. The van der Waals surface area contributed by atoms with Gasteiger partial charge in [-0.25, -0.2) is 4.98 Å². The summed E-state index contributed by atoms with van der Waals surface area (Å²) in [7, 11) is 3.12.